The van der Waals surface area contributed by atoms with E-state index in [-0.39, 0.29) is 0 Å². The maximum absolute atomic E-state index is 5.72. The van der Waals surface area contributed by atoms with Crippen LogP contribution < -0.4 is 4.74 Å². The highest BCUT2D eigenvalue weighted by Gasteiger charge is 2.16. The van der Waals surface area contributed by atoms with Crippen molar-refractivity contribution in [3.05, 3.63) is 35.5 Å². The van der Waals surface area contributed by atoms with E-state index in [1.165, 1.54) is 5.56 Å². The van der Waals surface area contributed by atoms with Gasteiger partial charge in [-0.05, 0) is 37.7 Å². The molecule has 0 bridgehead atoms. The molecule has 2 nitrogen and oxygen atoms in total. The van der Waals surface area contributed by atoms with Gasteiger partial charge in [-0.3, -0.25) is 0 Å². The average molecular weight is 236 g/mol. The molecule has 0 heterocycles. The second kappa shape index (κ2) is 5.87. The van der Waals surface area contributed by atoms with Crippen molar-refractivity contribution in [2.24, 2.45) is 0 Å². The fourth-order valence-corrected chi connectivity index (χ4v) is 2.87. The quantitative estimate of drug-likeness (QED) is 0.729. The first-order valence-corrected chi connectivity index (χ1v) is 8.53. The molecule has 0 fully saturated rings. The summed E-state index contributed by atoms with van der Waals surface area (Å²) in [6.45, 7) is 7.20. The Hall–Kier alpha value is -1.06. The normalized spacial score (nSPS) is 12.0. The van der Waals surface area contributed by atoms with Crippen LogP contribution in [0.1, 0.15) is 12.5 Å². The molecule has 0 aliphatic rings. The Labute approximate surface area is 99.0 Å². The van der Waals surface area contributed by atoms with Crippen LogP contribution in [0.25, 0.3) is 6.08 Å². The van der Waals surface area contributed by atoms with Gasteiger partial charge in [0.1, 0.15) is 5.75 Å². The first-order chi connectivity index (χ1) is 7.57. The second-order valence-electron chi connectivity index (χ2n) is 4.14. The van der Waals surface area contributed by atoms with Crippen molar-refractivity contribution in [3.8, 4) is 5.75 Å². The van der Waals surface area contributed by atoms with Crippen LogP contribution in [0.3, 0.4) is 0 Å². The highest BCUT2D eigenvalue weighted by Crippen LogP contribution is 2.14. The molecule has 16 heavy (non-hydrogen) atoms. The van der Waals surface area contributed by atoms with Gasteiger partial charge in [-0.1, -0.05) is 23.9 Å². The van der Waals surface area contributed by atoms with Gasteiger partial charge in [0.05, 0.1) is 7.11 Å². The molecule has 1 rings (SSSR count). The van der Waals surface area contributed by atoms with Crippen LogP contribution in [0.2, 0.25) is 13.1 Å². The van der Waals surface area contributed by atoms with E-state index >= 15 is 0 Å². The molecule has 0 atom stereocenters. The lowest BCUT2D eigenvalue weighted by Gasteiger charge is -2.16. The first-order valence-electron chi connectivity index (χ1n) is 5.54. The van der Waals surface area contributed by atoms with E-state index in [4.69, 9.17) is 9.16 Å². The predicted octanol–water partition coefficient (Wildman–Crippen LogP) is 3.49. The van der Waals surface area contributed by atoms with Crippen LogP contribution in [0.15, 0.2) is 30.0 Å². The largest absolute Gasteiger partial charge is 0.497 e. The first kappa shape index (κ1) is 13.0. The molecule has 0 saturated carbocycles. The highest BCUT2D eigenvalue weighted by atomic mass is 28.4. The van der Waals surface area contributed by atoms with Crippen LogP contribution in [-0.2, 0) is 4.43 Å². The van der Waals surface area contributed by atoms with Gasteiger partial charge in [0.15, 0.2) is 0 Å². The van der Waals surface area contributed by atoms with Gasteiger partial charge in [0.2, 0.25) is 8.32 Å². The third-order valence-electron chi connectivity index (χ3n) is 2.31. The van der Waals surface area contributed by atoms with E-state index < -0.39 is 8.32 Å². The van der Waals surface area contributed by atoms with Gasteiger partial charge >= 0.3 is 0 Å². The summed E-state index contributed by atoms with van der Waals surface area (Å²) >= 11 is 0. The lowest BCUT2D eigenvalue weighted by Crippen LogP contribution is -2.27. The van der Waals surface area contributed by atoms with Crippen molar-refractivity contribution in [1.29, 1.82) is 0 Å². The summed E-state index contributed by atoms with van der Waals surface area (Å²) in [4.78, 5) is 0. The zero-order chi connectivity index (χ0) is 12.0. The van der Waals surface area contributed by atoms with Crippen molar-refractivity contribution in [3.63, 3.8) is 0 Å². The summed E-state index contributed by atoms with van der Waals surface area (Å²) in [6.07, 6.45) is 2.13. The smallest absolute Gasteiger partial charge is 0.211 e. The average Bonchev–Trinajstić information content (AvgIpc) is 2.27. The van der Waals surface area contributed by atoms with Gasteiger partial charge in [0.25, 0.3) is 0 Å². The van der Waals surface area contributed by atoms with Crippen LogP contribution in [0.4, 0.5) is 0 Å². The molecule has 0 saturated heterocycles. The van der Waals surface area contributed by atoms with E-state index in [1.807, 2.05) is 31.2 Å². The summed E-state index contributed by atoms with van der Waals surface area (Å²) in [5.41, 5.74) is 3.39. The summed E-state index contributed by atoms with van der Waals surface area (Å²) in [7, 11) is 0.0567. The van der Waals surface area contributed by atoms with Crippen molar-refractivity contribution >= 4 is 14.4 Å². The molecule has 0 N–H and O–H groups in total. The topological polar surface area (TPSA) is 18.5 Å². The molecule has 88 valence electrons. The number of rotatable bonds is 5. The second-order valence-corrected chi connectivity index (χ2v) is 7.97. The molecule has 1 aromatic rings. The molecule has 1 aromatic carbocycles. The fourth-order valence-electron chi connectivity index (χ4n) is 1.43. The molecule has 0 amide bonds. The summed E-state index contributed by atoms with van der Waals surface area (Å²) in [6, 6.07) is 8.03. The lowest BCUT2D eigenvalue weighted by atomic mass is 10.2. The van der Waals surface area contributed by atoms with E-state index in [2.05, 4.69) is 24.9 Å². The van der Waals surface area contributed by atoms with E-state index in [0.717, 1.165) is 12.4 Å². The molecule has 0 radical (unpaired) electrons. The van der Waals surface area contributed by atoms with Gasteiger partial charge < -0.3 is 9.16 Å². The van der Waals surface area contributed by atoms with Crippen LogP contribution in [-0.4, -0.2) is 22.0 Å². The van der Waals surface area contributed by atoms with Crippen LogP contribution in [0, 0.1) is 0 Å². The van der Waals surface area contributed by atoms with Crippen molar-refractivity contribution < 1.29 is 9.16 Å². The van der Waals surface area contributed by atoms with Crippen LogP contribution in [0.5, 0.6) is 5.75 Å². The molecular weight excluding hydrogens is 216 g/mol. The maximum atomic E-state index is 5.72. The van der Waals surface area contributed by atoms with Crippen LogP contribution >= 0.6 is 0 Å². The predicted molar refractivity (Wildman–Crippen MR) is 71.1 cm³/mol. The summed E-state index contributed by atoms with van der Waals surface area (Å²) in [5.74, 6) is 0.887. The highest BCUT2D eigenvalue weighted by molar-refractivity contribution is 6.76. The standard InChI is InChI=1S/C13H20O2Si/c1-5-15-16(3,4)11-10-12-6-8-13(14-2)9-7-12/h6-11H,5H2,1-4H3/b11-10+. The maximum Gasteiger partial charge on any atom is 0.211 e. The van der Waals surface area contributed by atoms with Crippen molar-refractivity contribution in [1.82, 2.24) is 0 Å². The Kier molecular flexibility index (Phi) is 4.77. The van der Waals surface area contributed by atoms with Crippen molar-refractivity contribution in [2.75, 3.05) is 13.7 Å². The Balaban J connectivity index is 2.68. The number of hydrogen-bond acceptors (Lipinski definition) is 2. The van der Waals surface area contributed by atoms with Gasteiger partial charge in [-0.2, -0.15) is 0 Å². The molecule has 0 unspecified atom stereocenters. The van der Waals surface area contributed by atoms with Crippen molar-refractivity contribution in [2.45, 2.75) is 20.0 Å². The van der Waals surface area contributed by atoms with E-state index in [1.54, 1.807) is 7.11 Å². The Morgan fingerprint density at radius 2 is 1.81 bits per heavy atom. The Bertz CT molecular complexity index is 341. The molecule has 0 spiro atoms. The zero-order valence-corrected chi connectivity index (χ0v) is 11.5. The summed E-state index contributed by atoms with van der Waals surface area (Å²) in [5, 5.41) is 0. The van der Waals surface area contributed by atoms with Gasteiger partial charge in [-0.25, -0.2) is 0 Å². The minimum atomic E-state index is -1.62. The molecule has 3 heteroatoms. The molecule has 0 aliphatic carbocycles. The van der Waals surface area contributed by atoms with E-state index in [0.29, 0.717) is 0 Å². The molecule has 0 aliphatic heterocycles. The number of hydrogen-bond donors (Lipinski definition) is 0. The summed E-state index contributed by atoms with van der Waals surface area (Å²) < 4.78 is 10.8. The lowest BCUT2D eigenvalue weighted by molar-refractivity contribution is 0.338. The minimum absolute atomic E-state index is 0.784. The zero-order valence-electron chi connectivity index (χ0n) is 10.5. The Morgan fingerprint density at radius 3 is 2.31 bits per heavy atom. The Morgan fingerprint density at radius 1 is 1.19 bits per heavy atom. The number of methoxy groups -OCH3 is 1. The van der Waals surface area contributed by atoms with Gasteiger partial charge in [-0.15, -0.1) is 0 Å². The third-order valence-corrected chi connectivity index (χ3v) is 4.31. The van der Waals surface area contributed by atoms with E-state index in [9.17, 15) is 0 Å². The number of benzene rings is 1. The fraction of sp³-hybridized carbons (Fsp3) is 0.385. The SMILES string of the molecule is CCO[Si](C)(C)/C=C/c1ccc(OC)cc1. The number of ether oxygens (including phenoxy) is 1. The minimum Gasteiger partial charge on any atom is -0.497 e. The third kappa shape index (κ3) is 4.21. The molecular formula is C13H20O2Si. The monoisotopic (exact) mass is 236 g/mol. The van der Waals surface area contributed by atoms with Gasteiger partial charge in [0, 0.05) is 6.61 Å². The molecule has 0 aromatic heterocycles.